The van der Waals surface area contributed by atoms with Gasteiger partial charge in [-0.05, 0) is 58.1 Å². The minimum atomic E-state index is -0.867. The van der Waals surface area contributed by atoms with Gasteiger partial charge in [0.25, 0.3) is 0 Å². The summed E-state index contributed by atoms with van der Waals surface area (Å²) in [6, 6.07) is 8.44. The molecule has 2 atom stereocenters. The molecule has 0 saturated carbocycles. The van der Waals surface area contributed by atoms with Gasteiger partial charge in [0, 0.05) is 18.6 Å². The Kier molecular flexibility index (Phi) is 4.78. The number of carboxylic acids is 1. The van der Waals surface area contributed by atoms with E-state index < -0.39 is 5.97 Å². The summed E-state index contributed by atoms with van der Waals surface area (Å²) in [6.45, 7) is 4.30. The van der Waals surface area contributed by atoms with Crippen LogP contribution in [0.15, 0.2) is 24.3 Å². The lowest BCUT2D eigenvalue weighted by atomic mass is 9.97. The Morgan fingerprint density at radius 3 is 2.60 bits per heavy atom. The second-order valence-corrected chi connectivity index (χ2v) is 5.93. The van der Waals surface area contributed by atoms with Crippen LogP contribution in [0.1, 0.15) is 35.7 Å². The van der Waals surface area contributed by atoms with E-state index in [4.69, 9.17) is 5.11 Å². The van der Waals surface area contributed by atoms with Gasteiger partial charge < -0.3 is 10.0 Å². The maximum absolute atomic E-state index is 10.8. The maximum atomic E-state index is 10.8. The van der Waals surface area contributed by atoms with Gasteiger partial charge in [0.2, 0.25) is 0 Å². The second-order valence-electron chi connectivity index (χ2n) is 5.93. The largest absolute Gasteiger partial charge is 0.478 e. The molecule has 1 saturated heterocycles. The highest BCUT2D eigenvalue weighted by molar-refractivity contribution is 5.87. The maximum Gasteiger partial charge on any atom is 0.335 e. The van der Waals surface area contributed by atoms with Gasteiger partial charge in [0.1, 0.15) is 0 Å². The molecular weight excluding hydrogens is 252 g/mol. The molecule has 1 aromatic rings. The third-order valence-corrected chi connectivity index (χ3v) is 4.44. The van der Waals surface area contributed by atoms with Gasteiger partial charge in [0.05, 0.1) is 5.56 Å². The van der Waals surface area contributed by atoms with E-state index in [-0.39, 0.29) is 0 Å². The summed E-state index contributed by atoms with van der Waals surface area (Å²) in [4.78, 5) is 15.6. The lowest BCUT2D eigenvalue weighted by molar-refractivity contribution is 0.0697. The summed E-state index contributed by atoms with van der Waals surface area (Å²) >= 11 is 0. The Hall–Kier alpha value is -1.39. The number of rotatable bonds is 4. The Balaban J connectivity index is 1.94. The van der Waals surface area contributed by atoms with E-state index in [2.05, 4.69) is 30.8 Å². The molecular formula is C16H24N2O2. The van der Waals surface area contributed by atoms with E-state index in [1.54, 1.807) is 12.1 Å². The summed E-state index contributed by atoms with van der Waals surface area (Å²) < 4.78 is 0. The van der Waals surface area contributed by atoms with E-state index in [0.717, 1.165) is 13.1 Å². The molecule has 110 valence electrons. The number of carboxylic acid groups (broad SMARTS) is 1. The Morgan fingerprint density at radius 2 is 2.05 bits per heavy atom. The molecule has 20 heavy (non-hydrogen) atoms. The van der Waals surface area contributed by atoms with Gasteiger partial charge in [-0.3, -0.25) is 4.90 Å². The number of piperidine rings is 1. The zero-order valence-corrected chi connectivity index (χ0v) is 12.5. The SMILES string of the molecule is CC1CC(N(C)Cc2ccc(C(=O)O)cc2)CCN1C. The van der Waals surface area contributed by atoms with Crippen LogP contribution in [-0.4, -0.2) is 53.6 Å². The number of nitrogens with zero attached hydrogens (tertiary/aromatic N) is 2. The van der Waals surface area contributed by atoms with E-state index in [1.165, 1.54) is 18.4 Å². The molecule has 4 heteroatoms. The van der Waals surface area contributed by atoms with Crippen molar-refractivity contribution in [3.63, 3.8) is 0 Å². The van der Waals surface area contributed by atoms with Crippen molar-refractivity contribution in [3.05, 3.63) is 35.4 Å². The van der Waals surface area contributed by atoms with Crippen LogP contribution in [-0.2, 0) is 6.54 Å². The van der Waals surface area contributed by atoms with Crippen molar-refractivity contribution in [1.29, 1.82) is 0 Å². The van der Waals surface area contributed by atoms with Gasteiger partial charge in [-0.2, -0.15) is 0 Å². The minimum absolute atomic E-state index is 0.351. The van der Waals surface area contributed by atoms with Gasteiger partial charge in [-0.25, -0.2) is 4.79 Å². The molecule has 1 aliphatic heterocycles. The second kappa shape index (κ2) is 6.37. The van der Waals surface area contributed by atoms with E-state index in [1.807, 2.05) is 12.1 Å². The first-order valence-electron chi connectivity index (χ1n) is 7.20. The molecule has 4 nitrogen and oxygen atoms in total. The predicted molar refractivity (Wildman–Crippen MR) is 80.0 cm³/mol. The van der Waals surface area contributed by atoms with Crippen molar-refractivity contribution in [2.75, 3.05) is 20.6 Å². The number of benzene rings is 1. The summed E-state index contributed by atoms with van der Waals surface area (Å²) in [7, 11) is 4.35. The fourth-order valence-electron chi connectivity index (χ4n) is 2.83. The summed E-state index contributed by atoms with van der Waals surface area (Å²) in [6.07, 6.45) is 2.39. The van der Waals surface area contributed by atoms with Crippen LogP contribution in [0.4, 0.5) is 0 Å². The molecule has 0 radical (unpaired) electrons. The standard InChI is InChI=1S/C16H24N2O2/c1-12-10-15(8-9-17(12)2)18(3)11-13-4-6-14(7-5-13)16(19)20/h4-7,12,15H,8-11H2,1-3H3,(H,19,20). The molecule has 0 spiro atoms. The van der Waals surface area contributed by atoms with E-state index >= 15 is 0 Å². The molecule has 1 heterocycles. The first-order valence-corrected chi connectivity index (χ1v) is 7.20. The molecule has 0 bridgehead atoms. The molecule has 1 aromatic carbocycles. The van der Waals surface area contributed by atoms with Crippen molar-refractivity contribution in [1.82, 2.24) is 9.80 Å². The zero-order chi connectivity index (χ0) is 14.7. The number of carbonyl (C=O) groups is 1. The van der Waals surface area contributed by atoms with Gasteiger partial charge in [-0.15, -0.1) is 0 Å². The van der Waals surface area contributed by atoms with Crippen LogP contribution in [0.2, 0.25) is 0 Å². The van der Waals surface area contributed by atoms with Crippen LogP contribution in [0.25, 0.3) is 0 Å². The molecule has 0 aromatic heterocycles. The minimum Gasteiger partial charge on any atom is -0.478 e. The van der Waals surface area contributed by atoms with Crippen LogP contribution < -0.4 is 0 Å². The molecule has 2 unspecified atom stereocenters. The van der Waals surface area contributed by atoms with Crippen molar-refractivity contribution >= 4 is 5.97 Å². The summed E-state index contributed by atoms with van der Waals surface area (Å²) in [5, 5.41) is 8.90. The topological polar surface area (TPSA) is 43.8 Å². The summed E-state index contributed by atoms with van der Waals surface area (Å²) in [5.41, 5.74) is 1.52. The van der Waals surface area contributed by atoms with Crippen LogP contribution >= 0.6 is 0 Å². The van der Waals surface area contributed by atoms with Gasteiger partial charge in [-0.1, -0.05) is 12.1 Å². The van der Waals surface area contributed by atoms with Gasteiger partial charge >= 0.3 is 5.97 Å². The van der Waals surface area contributed by atoms with E-state index in [0.29, 0.717) is 17.6 Å². The first kappa shape index (κ1) is 15.0. The Labute approximate surface area is 121 Å². The average Bonchev–Trinajstić information content (AvgIpc) is 2.42. The fraction of sp³-hybridized carbons (Fsp3) is 0.562. The quantitative estimate of drug-likeness (QED) is 0.916. The zero-order valence-electron chi connectivity index (χ0n) is 12.5. The number of aromatic carboxylic acids is 1. The average molecular weight is 276 g/mol. The van der Waals surface area contributed by atoms with Crippen LogP contribution in [0.5, 0.6) is 0 Å². The first-order chi connectivity index (χ1) is 9.47. The lowest BCUT2D eigenvalue weighted by Gasteiger charge is -2.39. The third-order valence-electron chi connectivity index (χ3n) is 4.44. The van der Waals surface area contributed by atoms with Crippen molar-refractivity contribution in [3.8, 4) is 0 Å². The van der Waals surface area contributed by atoms with Crippen molar-refractivity contribution < 1.29 is 9.90 Å². The highest BCUT2D eigenvalue weighted by Gasteiger charge is 2.25. The highest BCUT2D eigenvalue weighted by Crippen LogP contribution is 2.21. The fourth-order valence-corrected chi connectivity index (χ4v) is 2.83. The van der Waals surface area contributed by atoms with E-state index in [9.17, 15) is 4.79 Å². The third kappa shape index (κ3) is 3.58. The van der Waals surface area contributed by atoms with Crippen molar-refractivity contribution in [2.24, 2.45) is 0 Å². The molecule has 1 N–H and O–H groups in total. The predicted octanol–water partition coefficient (Wildman–Crippen LogP) is 2.30. The number of likely N-dealkylation sites (tertiary alicyclic amines) is 1. The molecule has 1 fully saturated rings. The molecule has 0 aliphatic carbocycles. The molecule has 1 aliphatic rings. The normalized spacial score (nSPS) is 24.0. The van der Waals surface area contributed by atoms with Gasteiger partial charge in [0.15, 0.2) is 0 Å². The molecule has 0 amide bonds. The Morgan fingerprint density at radius 1 is 1.40 bits per heavy atom. The van der Waals surface area contributed by atoms with Crippen LogP contribution in [0.3, 0.4) is 0 Å². The smallest absolute Gasteiger partial charge is 0.335 e. The lowest BCUT2D eigenvalue weighted by Crippen LogP contribution is -2.45. The number of hydrogen-bond donors (Lipinski definition) is 1. The monoisotopic (exact) mass is 276 g/mol. The Bertz CT molecular complexity index is 458. The highest BCUT2D eigenvalue weighted by atomic mass is 16.4. The summed E-state index contributed by atoms with van der Waals surface area (Å²) in [5.74, 6) is -0.867. The number of hydrogen-bond acceptors (Lipinski definition) is 3. The van der Waals surface area contributed by atoms with Crippen molar-refractivity contribution in [2.45, 2.75) is 38.4 Å². The van der Waals surface area contributed by atoms with Crippen LogP contribution in [0, 0.1) is 0 Å². The molecule has 2 rings (SSSR count).